The third-order valence-electron chi connectivity index (χ3n) is 4.01. The molecule has 2 rings (SSSR count). The van der Waals surface area contributed by atoms with Gasteiger partial charge in [-0.2, -0.15) is 0 Å². The molecule has 0 spiro atoms. The second kappa shape index (κ2) is 7.75. The van der Waals surface area contributed by atoms with Crippen LogP contribution in [0.25, 0.3) is 11.1 Å². The van der Waals surface area contributed by atoms with Crippen molar-refractivity contribution in [2.75, 3.05) is 6.16 Å². The zero-order valence-electron chi connectivity index (χ0n) is 13.5. The van der Waals surface area contributed by atoms with Crippen molar-refractivity contribution < 1.29 is 19.4 Å². The molecule has 5 nitrogen and oxygen atoms in total. The minimum absolute atomic E-state index is 0.196. The van der Waals surface area contributed by atoms with Gasteiger partial charge in [0.05, 0.1) is 11.7 Å². The fraction of sp³-hybridized carbons (Fsp3) is 0.278. The molecular formula is C18H22NO4P. The Morgan fingerprint density at radius 2 is 1.62 bits per heavy atom. The fourth-order valence-corrected chi connectivity index (χ4v) is 3.71. The number of rotatable bonds is 7. The van der Waals surface area contributed by atoms with E-state index in [2.05, 4.69) is 0 Å². The summed E-state index contributed by atoms with van der Waals surface area (Å²) in [4.78, 5) is 21.3. The van der Waals surface area contributed by atoms with Gasteiger partial charge in [-0.15, -0.1) is 0 Å². The van der Waals surface area contributed by atoms with Crippen LogP contribution in [0.4, 0.5) is 0 Å². The van der Waals surface area contributed by atoms with Gasteiger partial charge in [-0.1, -0.05) is 54.6 Å². The van der Waals surface area contributed by atoms with E-state index in [0.717, 1.165) is 16.7 Å². The number of hydrogen-bond acceptors (Lipinski definition) is 3. The molecule has 0 bridgehead atoms. The second-order valence-electron chi connectivity index (χ2n) is 5.98. The van der Waals surface area contributed by atoms with Crippen LogP contribution >= 0.6 is 7.37 Å². The molecule has 0 aliphatic heterocycles. The van der Waals surface area contributed by atoms with Gasteiger partial charge in [0.25, 0.3) is 0 Å². The molecule has 0 fully saturated rings. The molecule has 1 unspecified atom stereocenters. The lowest BCUT2D eigenvalue weighted by atomic mass is 9.98. The maximum Gasteiger partial charge on any atom is 0.307 e. The van der Waals surface area contributed by atoms with Crippen molar-refractivity contribution in [1.29, 1.82) is 0 Å². The van der Waals surface area contributed by atoms with E-state index >= 15 is 0 Å². The van der Waals surface area contributed by atoms with Gasteiger partial charge in [0, 0.05) is 6.16 Å². The summed E-state index contributed by atoms with van der Waals surface area (Å²) in [5, 5.41) is 9.34. The van der Waals surface area contributed by atoms with E-state index in [-0.39, 0.29) is 12.6 Å². The molecule has 128 valence electrons. The van der Waals surface area contributed by atoms with Gasteiger partial charge in [0.2, 0.25) is 7.37 Å². The Morgan fingerprint density at radius 1 is 1.08 bits per heavy atom. The monoisotopic (exact) mass is 347 g/mol. The molecule has 3 atom stereocenters. The average molecular weight is 347 g/mol. The fourth-order valence-electron chi connectivity index (χ4n) is 2.46. The predicted octanol–water partition coefficient (Wildman–Crippen LogP) is 3.17. The summed E-state index contributed by atoms with van der Waals surface area (Å²) in [6, 6.07) is 17.4. The van der Waals surface area contributed by atoms with Gasteiger partial charge in [-0.25, -0.2) is 0 Å². The molecule has 4 N–H and O–H groups in total. The SMILES string of the molecule is C[C@H](N)P(=O)(O)C[C@@H](Cc1ccc(-c2ccccc2)cc1)C(=O)O. The van der Waals surface area contributed by atoms with E-state index in [4.69, 9.17) is 5.73 Å². The van der Waals surface area contributed by atoms with Crippen molar-refractivity contribution >= 4 is 13.3 Å². The van der Waals surface area contributed by atoms with E-state index < -0.39 is 25.0 Å². The lowest BCUT2D eigenvalue weighted by Gasteiger charge is -2.20. The summed E-state index contributed by atoms with van der Waals surface area (Å²) in [6.07, 6.45) is -0.123. The topological polar surface area (TPSA) is 101 Å². The Hall–Kier alpha value is -1.94. The first-order chi connectivity index (χ1) is 11.3. The third-order valence-corrected chi connectivity index (χ3v) is 6.25. The molecule has 0 saturated carbocycles. The standard InChI is InChI=1S/C18H22NO4P/c1-13(19)24(22,23)12-17(18(20)21)11-14-7-9-16(10-8-14)15-5-3-2-4-6-15/h2-10,13,17H,11-12,19H2,1H3,(H,20,21)(H,22,23)/t13-,17-/m1/s1. The Labute approximate surface area is 141 Å². The third kappa shape index (κ3) is 4.78. The summed E-state index contributed by atoms with van der Waals surface area (Å²) < 4.78 is 12.0. The molecule has 0 saturated heterocycles. The van der Waals surface area contributed by atoms with Gasteiger partial charge in [-0.3, -0.25) is 9.36 Å². The highest BCUT2D eigenvalue weighted by Gasteiger charge is 2.31. The molecule has 2 aromatic rings. The van der Waals surface area contributed by atoms with E-state index in [0.29, 0.717) is 0 Å². The number of benzene rings is 2. The Morgan fingerprint density at radius 3 is 2.12 bits per heavy atom. The van der Waals surface area contributed by atoms with Crippen LogP contribution in [0, 0.1) is 5.92 Å². The number of carbonyl (C=O) groups is 1. The first-order valence-electron chi connectivity index (χ1n) is 7.74. The van der Waals surface area contributed by atoms with Crippen molar-refractivity contribution in [3.8, 4) is 11.1 Å². The van der Waals surface area contributed by atoms with Gasteiger partial charge in [0.1, 0.15) is 0 Å². The van der Waals surface area contributed by atoms with Crippen LogP contribution in [0.5, 0.6) is 0 Å². The van der Waals surface area contributed by atoms with Gasteiger partial charge in [0.15, 0.2) is 0 Å². The molecule has 0 aliphatic carbocycles. The van der Waals surface area contributed by atoms with Crippen molar-refractivity contribution in [3.63, 3.8) is 0 Å². The molecule has 0 amide bonds. The first-order valence-corrected chi connectivity index (χ1v) is 9.65. The predicted molar refractivity (Wildman–Crippen MR) is 95.0 cm³/mol. The summed E-state index contributed by atoms with van der Waals surface area (Å²) in [5.74, 6) is -2.95. The smallest absolute Gasteiger partial charge is 0.307 e. The van der Waals surface area contributed by atoms with Crippen LogP contribution in [-0.4, -0.2) is 27.9 Å². The molecule has 2 aromatic carbocycles. The highest BCUT2D eigenvalue weighted by atomic mass is 31.2. The Kier molecular flexibility index (Phi) is 5.94. The van der Waals surface area contributed by atoms with Crippen LogP contribution in [0.2, 0.25) is 0 Å². The zero-order chi connectivity index (χ0) is 17.7. The van der Waals surface area contributed by atoms with Crippen LogP contribution in [0.15, 0.2) is 54.6 Å². The van der Waals surface area contributed by atoms with Gasteiger partial charge in [-0.05, 0) is 30.0 Å². The largest absolute Gasteiger partial charge is 0.481 e. The molecule has 0 radical (unpaired) electrons. The second-order valence-corrected chi connectivity index (χ2v) is 8.67. The summed E-state index contributed by atoms with van der Waals surface area (Å²) in [7, 11) is -3.67. The van der Waals surface area contributed by atoms with Gasteiger partial charge < -0.3 is 15.7 Å². The minimum Gasteiger partial charge on any atom is -0.481 e. The average Bonchev–Trinajstić information content (AvgIpc) is 2.55. The van der Waals surface area contributed by atoms with E-state index in [1.54, 1.807) is 0 Å². The maximum absolute atomic E-state index is 12.0. The summed E-state index contributed by atoms with van der Waals surface area (Å²) in [6.45, 7) is 1.42. The zero-order valence-corrected chi connectivity index (χ0v) is 14.4. The quantitative estimate of drug-likeness (QED) is 0.668. The van der Waals surface area contributed by atoms with E-state index in [9.17, 15) is 19.4 Å². The maximum atomic E-state index is 12.0. The molecule has 0 aromatic heterocycles. The van der Waals surface area contributed by atoms with Crippen molar-refractivity contribution in [3.05, 3.63) is 60.2 Å². The van der Waals surface area contributed by atoms with E-state index in [1.165, 1.54) is 6.92 Å². The lowest BCUT2D eigenvalue weighted by Crippen LogP contribution is -2.26. The first kappa shape index (κ1) is 18.4. The molecule has 24 heavy (non-hydrogen) atoms. The van der Waals surface area contributed by atoms with Crippen molar-refractivity contribution in [2.45, 2.75) is 19.1 Å². The normalized spacial score (nSPS) is 16.1. The van der Waals surface area contributed by atoms with Crippen LogP contribution < -0.4 is 5.73 Å². The molecule has 0 aliphatic rings. The molecular weight excluding hydrogens is 325 g/mol. The minimum atomic E-state index is -3.67. The van der Waals surface area contributed by atoms with Crippen molar-refractivity contribution in [2.24, 2.45) is 11.7 Å². The molecule has 6 heteroatoms. The Balaban J connectivity index is 2.13. The number of hydrogen-bond donors (Lipinski definition) is 3. The van der Waals surface area contributed by atoms with Crippen LogP contribution in [0.1, 0.15) is 12.5 Å². The Bertz CT molecular complexity index is 728. The number of carboxylic acid groups (broad SMARTS) is 1. The van der Waals surface area contributed by atoms with Crippen LogP contribution in [0.3, 0.4) is 0 Å². The highest BCUT2D eigenvalue weighted by Crippen LogP contribution is 2.45. The summed E-state index contributed by atoms with van der Waals surface area (Å²) >= 11 is 0. The van der Waals surface area contributed by atoms with Gasteiger partial charge >= 0.3 is 5.97 Å². The van der Waals surface area contributed by atoms with Crippen molar-refractivity contribution in [1.82, 2.24) is 0 Å². The molecule has 0 heterocycles. The number of carboxylic acids is 1. The van der Waals surface area contributed by atoms with Crippen LogP contribution in [-0.2, 0) is 15.8 Å². The number of aliphatic carboxylic acids is 1. The highest BCUT2D eigenvalue weighted by molar-refractivity contribution is 7.58. The lowest BCUT2D eigenvalue weighted by molar-refractivity contribution is -0.141. The summed E-state index contributed by atoms with van der Waals surface area (Å²) in [5.41, 5.74) is 8.42. The number of nitrogens with two attached hydrogens (primary N) is 1. The van der Waals surface area contributed by atoms with E-state index in [1.807, 2.05) is 54.6 Å².